The van der Waals surface area contributed by atoms with Crippen molar-refractivity contribution in [2.45, 2.75) is 46.3 Å². The molecule has 1 saturated heterocycles. The molecule has 7 nitrogen and oxygen atoms in total. The molecule has 2 aromatic heterocycles. The molecule has 0 aliphatic carbocycles. The van der Waals surface area contributed by atoms with Gasteiger partial charge in [-0.2, -0.15) is 0 Å². The van der Waals surface area contributed by atoms with Gasteiger partial charge in [-0.15, -0.1) is 0 Å². The van der Waals surface area contributed by atoms with Crippen molar-refractivity contribution in [2.24, 2.45) is 0 Å². The zero-order valence-corrected chi connectivity index (χ0v) is 22.4. The molecular weight excluding hydrogens is 490 g/mol. The number of halogens is 1. The molecule has 0 spiro atoms. The molecule has 0 radical (unpaired) electrons. The molecule has 4 aromatic rings. The van der Waals surface area contributed by atoms with Crippen LogP contribution < -0.4 is 10.3 Å². The lowest BCUT2D eigenvalue weighted by molar-refractivity contribution is 0.0159. The number of rotatable bonds is 2. The van der Waals surface area contributed by atoms with Crippen molar-refractivity contribution in [1.29, 1.82) is 0 Å². The third kappa shape index (κ3) is 4.76. The average molecular weight is 520 g/mol. The molecule has 2 aromatic carbocycles. The summed E-state index contributed by atoms with van der Waals surface area (Å²) in [4.78, 5) is 34.2. The van der Waals surface area contributed by atoms with Crippen LogP contribution in [0.25, 0.3) is 33.2 Å². The molecule has 1 atom stereocenters. The van der Waals surface area contributed by atoms with E-state index < -0.39 is 5.60 Å². The highest BCUT2D eigenvalue weighted by Gasteiger charge is 2.31. The Hall–Kier alpha value is -3.58. The quantitative estimate of drug-likeness (QED) is 0.285. The number of ether oxygens (including phenoxy) is 1. The van der Waals surface area contributed by atoms with Crippen molar-refractivity contribution >= 4 is 45.5 Å². The second kappa shape index (κ2) is 9.38. The van der Waals surface area contributed by atoms with Gasteiger partial charge >= 0.3 is 6.09 Å². The summed E-state index contributed by atoms with van der Waals surface area (Å²) in [6.45, 7) is 11.6. The maximum atomic E-state index is 13.2. The minimum absolute atomic E-state index is 0.0176. The number of aryl methyl sites for hydroxylation is 1. The van der Waals surface area contributed by atoms with Crippen molar-refractivity contribution in [2.75, 3.05) is 24.5 Å². The largest absolute Gasteiger partial charge is 0.453 e. The number of piperazine rings is 1. The van der Waals surface area contributed by atoms with Crippen LogP contribution in [-0.2, 0) is 4.74 Å². The summed E-state index contributed by atoms with van der Waals surface area (Å²) in [6.07, 6.45) is 1.42. The van der Waals surface area contributed by atoms with E-state index in [1.165, 1.54) is 0 Å². The first-order chi connectivity index (χ1) is 17.5. The highest BCUT2D eigenvalue weighted by molar-refractivity contribution is 6.35. The summed E-state index contributed by atoms with van der Waals surface area (Å²) in [7, 11) is 0. The summed E-state index contributed by atoms with van der Waals surface area (Å²) < 4.78 is 11.8. The van der Waals surface area contributed by atoms with Gasteiger partial charge in [0.2, 0.25) is 5.43 Å². The third-order valence-electron chi connectivity index (χ3n) is 6.63. The number of pyridine rings is 1. The summed E-state index contributed by atoms with van der Waals surface area (Å²) in [5.41, 5.74) is 4.13. The van der Waals surface area contributed by atoms with Crippen molar-refractivity contribution in [3.05, 3.63) is 69.5 Å². The Labute approximate surface area is 220 Å². The van der Waals surface area contributed by atoms with Gasteiger partial charge in [0, 0.05) is 43.1 Å². The van der Waals surface area contributed by atoms with Crippen LogP contribution >= 0.6 is 11.6 Å². The number of anilines is 1. The van der Waals surface area contributed by atoms with Gasteiger partial charge in [-0.05, 0) is 70.0 Å². The average Bonchev–Trinajstić information content (AvgIpc) is 2.83. The highest BCUT2D eigenvalue weighted by atomic mass is 35.5. The second-order valence-corrected chi connectivity index (χ2v) is 11.0. The molecule has 1 amide bonds. The fraction of sp³-hybridized carbons (Fsp3) is 0.345. The molecule has 37 heavy (non-hydrogen) atoms. The van der Waals surface area contributed by atoms with Gasteiger partial charge in [0.05, 0.1) is 10.4 Å². The molecule has 1 fully saturated rings. The van der Waals surface area contributed by atoms with Gasteiger partial charge in [-0.3, -0.25) is 4.79 Å². The third-order valence-corrected chi connectivity index (χ3v) is 6.94. The van der Waals surface area contributed by atoms with Gasteiger partial charge in [0.25, 0.3) is 0 Å². The topological polar surface area (TPSA) is 75.9 Å². The molecule has 3 heterocycles. The number of nitrogens with zero attached hydrogens (tertiary/aromatic N) is 3. The highest BCUT2D eigenvalue weighted by Crippen LogP contribution is 2.34. The SMILES string of the molecule is Cc1cnc2c(=O)c3c(Cl)cccc3oc2c1-c1ccc(N2CCN(C(=O)OC(C)(C)C)[C@@H](C)C2)cc1. The number of carbonyl (C=O) groups is 1. The monoisotopic (exact) mass is 519 g/mol. The molecule has 0 unspecified atom stereocenters. The number of amides is 1. The van der Waals surface area contributed by atoms with E-state index in [9.17, 15) is 9.59 Å². The van der Waals surface area contributed by atoms with Crippen LogP contribution in [0.3, 0.4) is 0 Å². The first-order valence-electron chi connectivity index (χ1n) is 12.4. The fourth-order valence-electron chi connectivity index (χ4n) is 4.86. The van der Waals surface area contributed by atoms with Crippen LogP contribution in [0, 0.1) is 6.92 Å². The van der Waals surface area contributed by atoms with Gasteiger partial charge in [-0.25, -0.2) is 9.78 Å². The van der Waals surface area contributed by atoms with E-state index in [0.29, 0.717) is 41.2 Å². The van der Waals surface area contributed by atoms with E-state index in [2.05, 4.69) is 22.0 Å². The first-order valence-corrected chi connectivity index (χ1v) is 12.8. The van der Waals surface area contributed by atoms with Gasteiger partial charge in [0.1, 0.15) is 11.2 Å². The Morgan fingerprint density at radius 2 is 1.86 bits per heavy atom. The molecule has 5 rings (SSSR count). The lowest BCUT2D eigenvalue weighted by atomic mass is 9.99. The van der Waals surface area contributed by atoms with E-state index in [0.717, 1.165) is 22.4 Å². The van der Waals surface area contributed by atoms with Crippen LogP contribution in [0.5, 0.6) is 0 Å². The minimum atomic E-state index is -0.517. The van der Waals surface area contributed by atoms with Crippen molar-refractivity contribution < 1.29 is 13.9 Å². The predicted octanol–water partition coefficient (Wildman–Crippen LogP) is 6.42. The van der Waals surface area contributed by atoms with Crippen molar-refractivity contribution in [3.8, 4) is 11.1 Å². The lowest BCUT2D eigenvalue weighted by Crippen LogP contribution is -2.55. The van der Waals surface area contributed by atoms with E-state index in [1.807, 2.05) is 46.8 Å². The van der Waals surface area contributed by atoms with Crippen LogP contribution in [-0.4, -0.2) is 47.3 Å². The van der Waals surface area contributed by atoms with Crippen LogP contribution in [0.1, 0.15) is 33.3 Å². The number of fused-ring (bicyclic) bond motifs is 2. The van der Waals surface area contributed by atoms with Crippen molar-refractivity contribution in [3.63, 3.8) is 0 Å². The van der Waals surface area contributed by atoms with Gasteiger partial charge < -0.3 is 19.0 Å². The van der Waals surface area contributed by atoms with E-state index in [1.54, 1.807) is 29.3 Å². The summed E-state index contributed by atoms with van der Waals surface area (Å²) in [5, 5.41) is 0.691. The van der Waals surface area contributed by atoms with E-state index in [4.69, 9.17) is 20.8 Å². The van der Waals surface area contributed by atoms with Crippen LogP contribution in [0.15, 0.2) is 57.9 Å². The molecule has 0 N–H and O–H groups in total. The van der Waals surface area contributed by atoms with E-state index in [-0.39, 0.29) is 23.1 Å². The normalized spacial score (nSPS) is 16.4. The molecule has 0 saturated carbocycles. The standard InChI is InChI=1S/C29H30ClN3O4/c1-17-15-31-25-26(34)24-21(30)7-6-8-22(24)36-27(25)23(17)19-9-11-20(12-10-19)32-13-14-33(18(2)16-32)28(35)37-29(3,4)5/h6-12,15,18H,13-14,16H2,1-5H3/t18-/m0/s1. The maximum absolute atomic E-state index is 13.2. The molecular formula is C29H30ClN3O4. The van der Waals surface area contributed by atoms with Crippen LogP contribution in [0.4, 0.5) is 10.5 Å². The molecule has 8 heteroatoms. The molecule has 192 valence electrons. The van der Waals surface area contributed by atoms with Crippen LogP contribution in [0.2, 0.25) is 5.02 Å². The number of carbonyl (C=O) groups excluding carboxylic acids is 1. The van der Waals surface area contributed by atoms with E-state index >= 15 is 0 Å². The summed E-state index contributed by atoms with van der Waals surface area (Å²) in [5.74, 6) is 0. The Balaban J connectivity index is 1.44. The molecule has 1 aliphatic heterocycles. The minimum Gasteiger partial charge on any atom is -0.453 e. The second-order valence-electron chi connectivity index (χ2n) is 10.6. The maximum Gasteiger partial charge on any atom is 0.410 e. The molecule has 0 bridgehead atoms. The summed E-state index contributed by atoms with van der Waals surface area (Å²) in [6, 6.07) is 13.4. The number of hydrogen-bond acceptors (Lipinski definition) is 6. The zero-order chi connectivity index (χ0) is 26.5. The lowest BCUT2D eigenvalue weighted by Gasteiger charge is -2.41. The van der Waals surface area contributed by atoms with Crippen molar-refractivity contribution in [1.82, 2.24) is 9.88 Å². The predicted molar refractivity (Wildman–Crippen MR) is 148 cm³/mol. The Bertz CT molecular complexity index is 1560. The number of benzene rings is 2. The smallest absolute Gasteiger partial charge is 0.410 e. The summed E-state index contributed by atoms with van der Waals surface area (Å²) >= 11 is 6.29. The zero-order valence-electron chi connectivity index (χ0n) is 21.7. The fourth-order valence-corrected chi connectivity index (χ4v) is 5.11. The molecule has 1 aliphatic rings. The Kier molecular flexibility index (Phi) is 6.36. The van der Waals surface area contributed by atoms with Gasteiger partial charge in [-0.1, -0.05) is 29.8 Å². The first kappa shape index (κ1) is 25.1. The number of aromatic nitrogens is 1. The Morgan fingerprint density at radius 3 is 2.54 bits per heavy atom. The van der Waals surface area contributed by atoms with Gasteiger partial charge in [0.15, 0.2) is 11.1 Å². The Morgan fingerprint density at radius 1 is 1.14 bits per heavy atom. The number of hydrogen-bond donors (Lipinski definition) is 0.